The van der Waals surface area contributed by atoms with Gasteiger partial charge in [0.15, 0.2) is 0 Å². The summed E-state index contributed by atoms with van der Waals surface area (Å²) in [5, 5.41) is 5.30. The fourth-order valence-electron chi connectivity index (χ4n) is 3.79. The number of thiophene rings is 1. The van der Waals surface area contributed by atoms with E-state index in [9.17, 15) is 4.79 Å². The number of piperidine rings is 1. The maximum atomic E-state index is 12.7. The van der Waals surface area contributed by atoms with Crippen molar-refractivity contribution in [3.05, 3.63) is 22.4 Å². The summed E-state index contributed by atoms with van der Waals surface area (Å²) in [5.41, 5.74) is 0.0359. The first-order valence-electron chi connectivity index (χ1n) is 8.91. The van der Waals surface area contributed by atoms with Gasteiger partial charge >= 0.3 is 6.03 Å². The van der Waals surface area contributed by atoms with Crippen molar-refractivity contribution < 1.29 is 4.79 Å². The quantitative estimate of drug-likeness (QED) is 0.907. The van der Waals surface area contributed by atoms with Crippen molar-refractivity contribution >= 4 is 17.4 Å². The molecule has 5 heteroatoms. The molecule has 0 spiro atoms. The molecular weight excluding hydrogens is 306 g/mol. The van der Waals surface area contributed by atoms with Crippen LogP contribution in [0.3, 0.4) is 0 Å². The Balaban J connectivity index is 1.56. The molecule has 3 heterocycles. The van der Waals surface area contributed by atoms with E-state index in [1.807, 2.05) is 4.90 Å². The van der Waals surface area contributed by atoms with Crippen LogP contribution in [0.4, 0.5) is 4.79 Å². The van der Waals surface area contributed by atoms with E-state index in [0.29, 0.717) is 0 Å². The fourth-order valence-corrected chi connectivity index (χ4v) is 4.66. The van der Waals surface area contributed by atoms with Crippen molar-refractivity contribution in [3.63, 3.8) is 0 Å². The standard InChI is InChI=1S/C18H29N3OS/c1-18(2,20-10-4-3-5-11-20)14-19-17(22)21-12-6-8-15(21)16-9-7-13-23-16/h7,9,13,15H,3-6,8,10-12,14H2,1-2H3,(H,19,22). The van der Waals surface area contributed by atoms with Crippen molar-refractivity contribution in [3.8, 4) is 0 Å². The first-order chi connectivity index (χ1) is 11.1. The van der Waals surface area contributed by atoms with Crippen LogP contribution < -0.4 is 5.32 Å². The van der Waals surface area contributed by atoms with E-state index >= 15 is 0 Å². The number of carbonyl (C=O) groups is 1. The lowest BCUT2D eigenvalue weighted by Crippen LogP contribution is -2.54. The lowest BCUT2D eigenvalue weighted by atomic mass is 9.98. The molecule has 1 unspecified atom stereocenters. The fraction of sp³-hybridized carbons (Fsp3) is 0.722. The first-order valence-corrected chi connectivity index (χ1v) is 9.79. The lowest BCUT2D eigenvalue weighted by molar-refractivity contribution is 0.0936. The molecule has 2 aliphatic rings. The smallest absolute Gasteiger partial charge is 0.318 e. The molecule has 2 fully saturated rings. The van der Waals surface area contributed by atoms with Gasteiger partial charge in [-0.25, -0.2) is 4.79 Å². The van der Waals surface area contributed by atoms with Crippen LogP contribution in [-0.2, 0) is 0 Å². The molecule has 1 atom stereocenters. The number of nitrogens with one attached hydrogen (secondary N) is 1. The predicted octanol–water partition coefficient (Wildman–Crippen LogP) is 3.86. The highest BCUT2D eigenvalue weighted by Crippen LogP contribution is 2.34. The van der Waals surface area contributed by atoms with Gasteiger partial charge in [0.05, 0.1) is 6.04 Å². The Bertz CT molecular complexity index is 508. The molecule has 0 aliphatic carbocycles. The molecule has 2 saturated heterocycles. The van der Waals surface area contributed by atoms with Gasteiger partial charge < -0.3 is 10.2 Å². The maximum Gasteiger partial charge on any atom is 0.318 e. The van der Waals surface area contributed by atoms with Gasteiger partial charge in [0, 0.05) is 23.5 Å². The number of hydrogen-bond acceptors (Lipinski definition) is 3. The minimum absolute atomic E-state index is 0.0359. The second kappa shape index (κ2) is 7.22. The van der Waals surface area contributed by atoms with Gasteiger partial charge in [0.2, 0.25) is 0 Å². The van der Waals surface area contributed by atoms with Gasteiger partial charge in [0.1, 0.15) is 0 Å². The zero-order valence-electron chi connectivity index (χ0n) is 14.4. The molecule has 1 N–H and O–H groups in total. The summed E-state index contributed by atoms with van der Waals surface area (Å²) in [6.45, 7) is 8.41. The van der Waals surface area contributed by atoms with E-state index in [4.69, 9.17) is 0 Å². The molecule has 2 amide bonds. The van der Waals surface area contributed by atoms with Crippen molar-refractivity contribution in [2.45, 2.75) is 57.5 Å². The Labute approximate surface area is 143 Å². The lowest BCUT2D eigenvalue weighted by Gasteiger charge is -2.41. The summed E-state index contributed by atoms with van der Waals surface area (Å²) in [5.74, 6) is 0. The van der Waals surface area contributed by atoms with Crippen LogP contribution in [0.5, 0.6) is 0 Å². The van der Waals surface area contributed by atoms with Gasteiger partial charge in [-0.2, -0.15) is 0 Å². The molecule has 2 aliphatic heterocycles. The van der Waals surface area contributed by atoms with Crippen LogP contribution in [0.15, 0.2) is 17.5 Å². The van der Waals surface area contributed by atoms with Gasteiger partial charge in [-0.15, -0.1) is 11.3 Å². The molecule has 0 radical (unpaired) electrons. The monoisotopic (exact) mass is 335 g/mol. The summed E-state index contributed by atoms with van der Waals surface area (Å²) in [6, 6.07) is 4.60. The Hall–Kier alpha value is -1.07. The molecule has 0 saturated carbocycles. The van der Waals surface area contributed by atoms with E-state index in [0.717, 1.165) is 39.0 Å². The highest BCUT2D eigenvalue weighted by molar-refractivity contribution is 7.10. The van der Waals surface area contributed by atoms with E-state index in [2.05, 4.69) is 41.6 Å². The average Bonchev–Trinajstić information content (AvgIpc) is 3.24. The Morgan fingerprint density at radius 2 is 2.04 bits per heavy atom. The molecule has 128 valence electrons. The van der Waals surface area contributed by atoms with E-state index in [-0.39, 0.29) is 17.6 Å². The maximum absolute atomic E-state index is 12.7. The number of amides is 2. The van der Waals surface area contributed by atoms with Crippen molar-refractivity contribution in [1.29, 1.82) is 0 Å². The predicted molar refractivity (Wildman–Crippen MR) is 95.9 cm³/mol. The molecule has 0 bridgehead atoms. The zero-order valence-corrected chi connectivity index (χ0v) is 15.2. The Morgan fingerprint density at radius 3 is 2.74 bits per heavy atom. The second-order valence-electron chi connectivity index (χ2n) is 7.39. The number of nitrogens with zero attached hydrogens (tertiary/aromatic N) is 2. The topological polar surface area (TPSA) is 35.6 Å². The summed E-state index contributed by atoms with van der Waals surface area (Å²) in [4.78, 5) is 18.5. The van der Waals surface area contributed by atoms with E-state index < -0.39 is 0 Å². The number of hydrogen-bond donors (Lipinski definition) is 1. The summed E-state index contributed by atoms with van der Waals surface area (Å²) >= 11 is 1.76. The van der Waals surface area contributed by atoms with Crippen LogP contribution in [-0.4, -0.2) is 47.5 Å². The Morgan fingerprint density at radius 1 is 1.26 bits per heavy atom. The number of rotatable bonds is 4. The summed E-state index contributed by atoms with van der Waals surface area (Å²) in [7, 11) is 0. The van der Waals surface area contributed by atoms with Crippen molar-refractivity contribution in [2.75, 3.05) is 26.2 Å². The molecule has 3 rings (SSSR count). The van der Waals surface area contributed by atoms with Crippen LogP contribution in [0, 0.1) is 0 Å². The van der Waals surface area contributed by atoms with Crippen LogP contribution in [0.1, 0.15) is 56.9 Å². The minimum atomic E-state index is 0.0359. The van der Waals surface area contributed by atoms with Gasteiger partial charge in [-0.3, -0.25) is 4.90 Å². The normalized spacial score (nSPS) is 23.2. The van der Waals surface area contributed by atoms with Gasteiger partial charge in [-0.1, -0.05) is 12.5 Å². The number of likely N-dealkylation sites (tertiary alicyclic amines) is 2. The number of urea groups is 1. The van der Waals surface area contributed by atoms with Crippen LogP contribution in [0.2, 0.25) is 0 Å². The van der Waals surface area contributed by atoms with E-state index in [1.54, 1.807) is 11.3 Å². The minimum Gasteiger partial charge on any atom is -0.336 e. The number of carbonyl (C=O) groups excluding carboxylic acids is 1. The molecule has 1 aromatic heterocycles. The molecule has 0 aromatic carbocycles. The molecule has 4 nitrogen and oxygen atoms in total. The van der Waals surface area contributed by atoms with Crippen molar-refractivity contribution in [2.24, 2.45) is 0 Å². The average molecular weight is 336 g/mol. The van der Waals surface area contributed by atoms with Crippen LogP contribution >= 0.6 is 11.3 Å². The third-order valence-electron chi connectivity index (χ3n) is 5.27. The van der Waals surface area contributed by atoms with E-state index in [1.165, 1.54) is 24.1 Å². The first kappa shape index (κ1) is 16.8. The molecular formula is C18H29N3OS. The van der Waals surface area contributed by atoms with Crippen molar-refractivity contribution in [1.82, 2.24) is 15.1 Å². The molecule has 1 aromatic rings. The molecule has 23 heavy (non-hydrogen) atoms. The zero-order chi connectivity index (χ0) is 16.3. The SMILES string of the molecule is CC(C)(CNC(=O)N1CCCC1c1cccs1)N1CCCCC1. The van der Waals surface area contributed by atoms with Gasteiger partial charge in [0.25, 0.3) is 0 Å². The Kier molecular flexibility index (Phi) is 5.27. The third-order valence-corrected chi connectivity index (χ3v) is 6.24. The second-order valence-corrected chi connectivity index (χ2v) is 8.36. The summed E-state index contributed by atoms with van der Waals surface area (Å²) < 4.78 is 0. The third kappa shape index (κ3) is 3.89. The highest BCUT2D eigenvalue weighted by Gasteiger charge is 2.33. The summed E-state index contributed by atoms with van der Waals surface area (Å²) in [6.07, 6.45) is 6.10. The largest absolute Gasteiger partial charge is 0.336 e. The highest BCUT2D eigenvalue weighted by atomic mass is 32.1. The van der Waals surface area contributed by atoms with Crippen LogP contribution in [0.25, 0.3) is 0 Å². The van der Waals surface area contributed by atoms with Gasteiger partial charge in [-0.05, 0) is 64.1 Å².